The summed E-state index contributed by atoms with van der Waals surface area (Å²) in [4.78, 5) is 14.4. The minimum atomic E-state index is -1.20. The molecule has 0 saturated heterocycles. The quantitative estimate of drug-likeness (QED) is 0.328. The van der Waals surface area contributed by atoms with E-state index in [9.17, 15) is 19.4 Å². The van der Waals surface area contributed by atoms with E-state index in [2.05, 4.69) is 30.3 Å². The van der Waals surface area contributed by atoms with Gasteiger partial charge in [-0.1, -0.05) is 43.4 Å². The van der Waals surface area contributed by atoms with Crippen molar-refractivity contribution in [2.45, 2.75) is 72.1 Å². The highest BCUT2D eigenvalue weighted by Gasteiger charge is 2.41. The van der Waals surface area contributed by atoms with E-state index >= 15 is 0 Å². The topological polar surface area (TPSA) is 70.0 Å². The number of hydrogen-bond acceptors (Lipinski definition) is 6. The molecule has 1 aromatic carbocycles. The van der Waals surface area contributed by atoms with Crippen molar-refractivity contribution in [1.82, 2.24) is 4.31 Å². The van der Waals surface area contributed by atoms with Gasteiger partial charge in [0.1, 0.15) is 17.7 Å². The predicted octanol–water partition coefficient (Wildman–Crippen LogP) is 7.48. The molecule has 0 spiro atoms. The van der Waals surface area contributed by atoms with Crippen molar-refractivity contribution in [3.8, 4) is 0 Å². The van der Waals surface area contributed by atoms with E-state index in [1.807, 2.05) is 30.4 Å². The van der Waals surface area contributed by atoms with Crippen molar-refractivity contribution in [3.05, 3.63) is 91.5 Å². The number of carbonyl (C=O) groups is 1. The maximum atomic E-state index is 14.7. The van der Waals surface area contributed by atoms with Crippen LogP contribution in [0.25, 0.3) is 0 Å². The number of nitrogens with zero attached hydrogens (tertiary/aromatic N) is 1. The largest absolute Gasteiger partial charge is 0.488 e. The fourth-order valence-corrected chi connectivity index (χ4v) is 7.27. The Kier molecular flexibility index (Phi) is 8.87. The first-order valence-corrected chi connectivity index (χ1v) is 14.6. The molecule has 0 amide bonds. The second kappa shape index (κ2) is 11.8. The standard InChI is InChI=1S/C30H36FNO4S2/c1-6-22-17-32(38-25-11-9-7-8-10-24(25)36-22)16-21-14-20(13-12-18(21)2)27(30(4,5)29(34)35)26-15-23(31)28(37-26)19(3)33/h7-10,12-15,19,22,27,33H,6,11,16-17H2,1-5H3,(H,34,35)/t19?,22-,27?/m1/s1. The van der Waals surface area contributed by atoms with Gasteiger partial charge in [0, 0.05) is 35.2 Å². The lowest BCUT2D eigenvalue weighted by Crippen LogP contribution is -2.32. The van der Waals surface area contributed by atoms with Crippen LogP contribution in [0.15, 0.2) is 59.2 Å². The number of ether oxygens (including phenoxy) is 1. The van der Waals surface area contributed by atoms with Gasteiger partial charge in [-0.05, 0) is 74.9 Å². The molecule has 0 bridgehead atoms. The molecule has 0 saturated carbocycles. The van der Waals surface area contributed by atoms with Gasteiger partial charge in [-0.3, -0.25) is 4.79 Å². The molecule has 204 valence electrons. The minimum Gasteiger partial charge on any atom is -0.488 e. The number of benzene rings is 1. The maximum Gasteiger partial charge on any atom is 0.310 e. The van der Waals surface area contributed by atoms with Crippen LogP contribution in [0.3, 0.4) is 0 Å². The highest BCUT2D eigenvalue weighted by atomic mass is 32.2. The van der Waals surface area contributed by atoms with Crippen molar-refractivity contribution in [1.29, 1.82) is 0 Å². The Bertz CT molecular complexity index is 1280. The number of hydrogen-bond donors (Lipinski definition) is 2. The van der Waals surface area contributed by atoms with E-state index in [4.69, 9.17) is 4.74 Å². The van der Waals surface area contributed by atoms with E-state index < -0.39 is 29.2 Å². The third-order valence-electron chi connectivity index (χ3n) is 7.19. The van der Waals surface area contributed by atoms with Crippen molar-refractivity contribution >= 4 is 29.3 Å². The highest BCUT2D eigenvalue weighted by Crippen LogP contribution is 2.46. The number of aliphatic carboxylic acids is 1. The van der Waals surface area contributed by atoms with Crippen LogP contribution in [-0.2, 0) is 16.1 Å². The van der Waals surface area contributed by atoms with Crippen molar-refractivity contribution in [2.24, 2.45) is 5.41 Å². The molecule has 0 radical (unpaired) electrons. The Morgan fingerprint density at radius 1 is 1.29 bits per heavy atom. The molecule has 0 fully saturated rings. The molecule has 1 aliphatic carbocycles. The van der Waals surface area contributed by atoms with Crippen LogP contribution in [0.1, 0.15) is 79.0 Å². The van der Waals surface area contributed by atoms with Crippen LogP contribution >= 0.6 is 23.3 Å². The van der Waals surface area contributed by atoms with Crippen molar-refractivity contribution in [2.75, 3.05) is 6.54 Å². The molecule has 4 rings (SSSR count). The van der Waals surface area contributed by atoms with Gasteiger partial charge in [0.25, 0.3) is 0 Å². The van der Waals surface area contributed by atoms with Gasteiger partial charge in [-0.15, -0.1) is 11.3 Å². The van der Waals surface area contributed by atoms with E-state index in [0.717, 1.165) is 53.2 Å². The summed E-state index contributed by atoms with van der Waals surface area (Å²) in [7, 11) is 0. The third kappa shape index (κ3) is 6.09. The highest BCUT2D eigenvalue weighted by molar-refractivity contribution is 8.00. The Balaban J connectivity index is 1.71. The normalized spacial score (nSPS) is 19.9. The molecule has 5 nitrogen and oxygen atoms in total. The van der Waals surface area contributed by atoms with E-state index in [0.29, 0.717) is 11.4 Å². The molecule has 2 aliphatic rings. The first-order chi connectivity index (χ1) is 18.0. The van der Waals surface area contributed by atoms with Crippen molar-refractivity contribution < 1.29 is 24.1 Å². The minimum absolute atomic E-state index is 0.0629. The Labute approximate surface area is 232 Å². The lowest BCUT2D eigenvalue weighted by molar-refractivity contribution is -0.147. The number of allylic oxidation sites excluding steroid dienone is 5. The predicted molar refractivity (Wildman–Crippen MR) is 152 cm³/mol. The van der Waals surface area contributed by atoms with Crippen LogP contribution in [0, 0.1) is 18.2 Å². The number of aryl methyl sites for hydroxylation is 1. The Morgan fingerprint density at radius 3 is 2.71 bits per heavy atom. The van der Waals surface area contributed by atoms with Crippen LogP contribution < -0.4 is 0 Å². The average molecular weight is 558 g/mol. The van der Waals surface area contributed by atoms with E-state index in [1.165, 1.54) is 17.9 Å². The summed E-state index contributed by atoms with van der Waals surface area (Å²) in [5, 5.41) is 20.2. The first kappa shape index (κ1) is 28.6. The lowest BCUT2D eigenvalue weighted by Gasteiger charge is -2.31. The van der Waals surface area contributed by atoms with Crippen molar-refractivity contribution in [3.63, 3.8) is 0 Å². The zero-order chi connectivity index (χ0) is 27.6. The fourth-order valence-electron chi connectivity index (χ4n) is 4.84. The molecule has 2 heterocycles. The second-order valence-electron chi connectivity index (χ2n) is 10.5. The second-order valence-corrected chi connectivity index (χ2v) is 12.8. The molecule has 2 unspecified atom stereocenters. The first-order valence-electron chi connectivity index (χ1n) is 13.0. The van der Waals surface area contributed by atoms with Gasteiger partial charge in [0.15, 0.2) is 0 Å². The summed E-state index contributed by atoms with van der Waals surface area (Å²) in [6.07, 6.45) is 9.01. The SMILES string of the molecule is CC[C@@H]1CN(Cc2cc(C(c3cc(F)c(C(C)O)s3)C(C)(C)C(=O)O)ccc2C)SC2=C(C=CC=CC2)O1. The Hall–Kier alpha value is -2.39. The third-order valence-corrected chi connectivity index (χ3v) is 9.66. The number of aliphatic hydroxyl groups is 1. The molecule has 2 aromatic rings. The van der Waals surface area contributed by atoms with Gasteiger partial charge in [0.05, 0.1) is 16.4 Å². The smallest absolute Gasteiger partial charge is 0.310 e. The number of thiophene rings is 1. The summed E-state index contributed by atoms with van der Waals surface area (Å²) < 4.78 is 23.4. The number of carboxylic acids is 1. The van der Waals surface area contributed by atoms with Gasteiger partial charge in [-0.25, -0.2) is 8.70 Å². The summed E-state index contributed by atoms with van der Waals surface area (Å²) in [5.74, 6) is -1.12. The molecule has 1 aromatic heterocycles. The fraction of sp³-hybridized carbons (Fsp3) is 0.433. The number of rotatable bonds is 8. The van der Waals surface area contributed by atoms with Gasteiger partial charge in [0.2, 0.25) is 0 Å². The monoisotopic (exact) mass is 557 g/mol. The number of carboxylic acid groups (broad SMARTS) is 1. The summed E-state index contributed by atoms with van der Waals surface area (Å²) in [6.45, 7) is 10.5. The molecule has 8 heteroatoms. The van der Waals surface area contributed by atoms with Gasteiger partial charge >= 0.3 is 5.97 Å². The van der Waals surface area contributed by atoms with Gasteiger partial charge < -0.3 is 14.9 Å². The molecule has 1 aliphatic heterocycles. The van der Waals surface area contributed by atoms with Crippen LogP contribution in [0.5, 0.6) is 0 Å². The molecule has 38 heavy (non-hydrogen) atoms. The zero-order valence-corrected chi connectivity index (χ0v) is 24.2. The van der Waals surface area contributed by atoms with Crippen LogP contribution in [-0.4, -0.2) is 33.1 Å². The lowest BCUT2D eigenvalue weighted by atomic mass is 9.73. The zero-order valence-electron chi connectivity index (χ0n) is 22.5. The van der Waals surface area contributed by atoms with Crippen LogP contribution in [0.4, 0.5) is 4.39 Å². The number of halogens is 1. The maximum absolute atomic E-state index is 14.7. The summed E-state index contributed by atoms with van der Waals surface area (Å²) >= 11 is 2.86. The summed E-state index contributed by atoms with van der Waals surface area (Å²) in [6, 6.07) is 7.42. The average Bonchev–Trinajstić information content (AvgIpc) is 3.00. The molecule has 2 N–H and O–H groups in total. The van der Waals surface area contributed by atoms with Gasteiger partial charge in [-0.2, -0.15) is 0 Å². The Morgan fingerprint density at radius 2 is 2.05 bits per heavy atom. The molecular weight excluding hydrogens is 521 g/mol. The summed E-state index contributed by atoms with van der Waals surface area (Å²) in [5.41, 5.74) is 1.82. The van der Waals surface area contributed by atoms with Crippen LogP contribution in [0.2, 0.25) is 0 Å². The molecular formula is C30H36FNO4S2. The number of aliphatic hydroxyl groups excluding tert-OH is 1. The molecule has 3 atom stereocenters. The van der Waals surface area contributed by atoms with E-state index in [-0.39, 0.29) is 11.0 Å². The van der Waals surface area contributed by atoms with E-state index in [1.54, 1.807) is 25.8 Å².